The predicted molar refractivity (Wildman–Crippen MR) is 71.2 cm³/mol. The quantitative estimate of drug-likeness (QED) is 0.802. The van der Waals surface area contributed by atoms with Gasteiger partial charge < -0.3 is 10.5 Å². The van der Waals surface area contributed by atoms with E-state index in [4.69, 9.17) is 10.5 Å². The summed E-state index contributed by atoms with van der Waals surface area (Å²) < 4.78 is 5.36. The van der Waals surface area contributed by atoms with Gasteiger partial charge in [0.2, 0.25) is 0 Å². The minimum absolute atomic E-state index is 0. The summed E-state index contributed by atoms with van der Waals surface area (Å²) in [5.74, 6) is 0.892. The van der Waals surface area contributed by atoms with Gasteiger partial charge in [-0.1, -0.05) is 17.7 Å². The largest absolute Gasteiger partial charge is 0.494 e. The van der Waals surface area contributed by atoms with Gasteiger partial charge in [0.15, 0.2) is 0 Å². The Hall–Kier alpha value is -0.990. The van der Waals surface area contributed by atoms with Crippen LogP contribution < -0.4 is 10.5 Å². The van der Waals surface area contributed by atoms with E-state index in [1.165, 1.54) is 0 Å². The van der Waals surface area contributed by atoms with Gasteiger partial charge >= 0.3 is 0 Å². The Labute approximate surface area is 104 Å². The van der Waals surface area contributed by atoms with Crippen molar-refractivity contribution in [2.75, 3.05) is 6.61 Å². The zero-order valence-corrected chi connectivity index (χ0v) is 10.7. The van der Waals surface area contributed by atoms with Crippen LogP contribution in [0.4, 0.5) is 0 Å². The first kappa shape index (κ1) is 15.0. The van der Waals surface area contributed by atoms with Crippen LogP contribution in [0.1, 0.15) is 31.9 Å². The van der Waals surface area contributed by atoms with Crippen LogP contribution in [0.25, 0.3) is 0 Å². The van der Waals surface area contributed by atoms with Gasteiger partial charge in [-0.15, -0.1) is 19.0 Å². The molecule has 0 saturated carbocycles. The second-order valence-corrected chi connectivity index (χ2v) is 3.77. The summed E-state index contributed by atoms with van der Waals surface area (Å²) in [7, 11) is 0. The van der Waals surface area contributed by atoms with E-state index < -0.39 is 0 Å². The molecule has 2 N–H and O–H groups in total. The molecular formula is C13H20ClNO. The normalized spacial score (nSPS) is 11.4. The van der Waals surface area contributed by atoms with Crippen molar-refractivity contribution in [3.63, 3.8) is 0 Å². The molecule has 0 unspecified atom stereocenters. The van der Waals surface area contributed by atoms with Gasteiger partial charge in [0, 0.05) is 6.04 Å². The minimum Gasteiger partial charge on any atom is -0.494 e. The Morgan fingerprint density at radius 1 is 1.38 bits per heavy atom. The summed E-state index contributed by atoms with van der Waals surface area (Å²) >= 11 is 0. The molecule has 0 aliphatic rings. The lowest BCUT2D eigenvalue weighted by Crippen LogP contribution is -2.10. The summed E-state index contributed by atoms with van der Waals surface area (Å²) in [6, 6.07) is 7.98. The average molecular weight is 242 g/mol. The molecule has 0 heterocycles. The van der Waals surface area contributed by atoms with Crippen LogP contribution in [-0.4, -0.2) is 6.61 Å². The Morgan fingerprint density at radius 3 is 2.38 bits per heavy atom. The fourth-order valence-corrected chi connectivity index (χ4v) is 1.47. The molecule has 3 heteroatoms. The van der Waals surface area contributed by atoms with Crippen molar-refractivity contribution in [1.82, 2.24) is 0 Å². The van der Waals surface area contributed by atoms with Crippen molar-refractivity contribution in [3.8, 4) is 5.75 Å². The van der Waals surface area contributed by atoms with E-state index in [-0.39, 0.29) is 18.4 Å². The topological polar surface area (TPSA) is 35.2 Å². The lowest BCUT2D eigenvalue weighted by molar-refractivity contribution is 0.340. The molecule has 0 radical (unpaired) electrons. The zero-order valence-electron chi connectivity index (χ0n) is 9.90. The van der Waals surface area contributed by atoms with Crippen LogP contribution in [-0.2, 0) is 0 Å². The second-order valence-electron chi connectivity index (χ2n) is 3.77. The highest BCUT2D eigenvalue weighted by Crippen LogP contribution is 2.20. The smallest absolute Gasteiger partial charge is 0.119 e. The molecule has 1 aromatic carbocycles. The average Bonchev–Trinajstić information content (AvgIpc) is 2.18. The minimum atomic E-state index is 0. The van der Waals surface area contributed by atoms with E-state index in [1.807, 2.05) is 38.1 Å². The van der Waals surface area contributed by atoms with Gasteiger partial charge in [-0.2, -0.15) is 0 Å². The Morgan fingerprint density at radius 2 is 1.94 bits per heavy atom. The van der Waals surface area contributed by atoms with E-state index in [9.17, 15) is 0 Å². The fraction of sp³-hybridized carbons (Fsp3) is 0.385. The Kier molecular flexibility index (Phi) is 6.86. The SMILES string of the molecule is C=C(C)C[C@H](N)c1ccc(OCC)cc1.Cl. The molecule has 0 aliphatic carbocycles. The van der Waals surface area contributed by atoms with Gasteiger partial charge in [-0.3, -0.25) is 0 Å². The molecule has 2 nitrogen and oxygen atoms in total. The summed E-state index contributed by atoms with van der Waals surface area (Å²) in [5, 5.41) is 0. The van der Waals surface area contributed by atoms with Crippen LogP contribution in [0.3, 0.4) is 0 Å². The fourth-order valence-electron chi connectivity index (χ4n) is 1.47. The lowest BCUT2D eigenvalue weighted by Gasteiger charge is -2.12. The number of ether oxygens (including phenoxy) is 1. The van der Waals surface area contributed by atoms with Gasteiger partial charge in [0.05, 0.1) is 6.61 Å². The molecule has 0 spiro atoms. The summed E-state index contributed by atoms with van der Waals surface area (Å²) in [6.45, 7) is 8.52. The third-order valence-corrected chi connectivity index (χ3v) is 2.19. The molecule has 0 bridgehead atoms. The highest BCUT2D eigenvalue weighted by molar-refractivity contribution is 5.85. The van der Waals surface area contributed by atoms with Crippen molar-refractivity contribution < 1.29 is 4.74 Å². The summed E-state index contributed by atoms with van der Waals surface area (Å²) in [6.07, 6.45) is 0.827. The van der Waals surface area contributed by atoms with E-state index in [0.29, 0.717) is 6.61 Å². The van der Waals surface area contributed by atoms with E-state index in [1.54, 1.807) is 0 Å². The second kappa shape index (κ2) is 7.31. The van der Waals surface area contributed by atoms with Crippen molar-refractivity contribution in [1.29, 1.82) is 0 Å². The first-order valence-electron chi connectivity index (χ1n) is 5.26. The first-order chi connectivity index (χ1) is 7.13. The molecule has 0 saturated heterocycles. The molecular weight excluding hydrogens is 222 g/mol. The highest BCUT2D eigenvalue weighted by atomic mass is 35.5. The maximum atomic E-state index is 6.02. The van der Waals surface area contributed by atoms with E-state index in [0.717, 1.165) is 23.3 Å². The maximum Gasteiger partial charge on any atom is 0.119 e. The Bertz CT molecular complexity index is 321. The van der Waals surface area contributed by atoms with Crippen molar-refractivity contribution >= 4 is 12.4 Å². The molecule has 1 aromatic rings. The third-order valence-electron chi connectivity index (χ3n) is 2.19. The number of rotatable bonds is 5. The van der Waals surface area contributed by atoms with E-state index in [2.05, 4.69) is 6.58 Å². The maximum absolute atomic E-state index is 6.02. The van der Waals surface area contributed by atoms with Gasteiger partial charge in [0.1, 0.15) is 5.75 Å². The number of nitrogens with two attached hydrogens (primary N) is 1. The molecule has 1 atom stereocenters. The molecule has 1 rings (SSSR count). The highest BCUT2D eigenvalue weighted by Gasteiger charge is 2.05. The van der Waals surface area contributed by atoms with Gasteiger partial charge in [-0.25, -0.2) is 0 Å². The van der Waals surface area contributed by atoms with Gasteiger partial charge in [-0.05, 0) is 38.0 Å². The monoisotopic (exact) mass is 241 g/mol. The van der Waals surface area contributed by atoms with Gasteiger partial charge in [0.25, 0.3) is 0 Å². The molecule has 0 aliphatic heterocycles. The molecule has 90 valence electrons. The standard InChI is InChI=1S/C13H19NO.ClH/c1-4-15-12-7-5-11(6-8-12)13(14)9-10(2)3;/h5-8,13H,2,4,9,14H2,1,3H3;1H/t13-;/m0./s1. The summed E-state index contributed by atoms with van der Waals surface area (Å²) in [5.41, 5.74) is 8.25. The number of halogens is 1. The van der Waals surface area contributed by atoms with Crippen molar-refractivity contribution in [2.24, 2.45) is 5.73 Å². The number of hydrogen-bond donors (Lipinski definition) is 1. The van der Waals surface area contributed by atoms with E-state index >= 15 is 0 Å². The molecule has 16 heavy (non-hydrogen) atoms. The molecule has 0 fully saturated rings. The predicted octanol–water partition coefficient (Wildman–Crippen LogP) is 3.47. The first-order valence-corrected chi connectivity index (χ1v) is 5.26. The van der Waals surface area contributed by atoms with Crippen LogP contribution in [0, 0.1) is 0 Å². The zero-order chi connectivity index (χ0) is 11.3. The number of benzene rings is 1. The Balaban J connectivity index is 0.00000225. The molecule has 0 amide bonds. The lowest BCUT2D eigenvalue weighted by atomic mass is 10.0. The van der Waals surface area contributed by atoms with Crippen molar-refractivity contribution in [3.05, 3.63) is 42.0 Å². The van der Waals surface area contributed by atoms with Crippen LogP contribution in [0.15, 0.2) is 36.4 Å². The summed E-state index contributed by atoms with van der Waals surface area (Å²) in [4.78, 5) is 0. The number of hydrogen-bond acceptors (Lipinski definition) is 2. The van der Waals surface area contributed by atoms with Crippen LogP contribution in [0.5, 0.6) is 5.75 Å². The third kappa shape index (κ3) is 4.69. The van der Waals surface area contributed by atoms with Crippen LogP contribution >= 0.6 is 12.4 Å². The molecule has 0 aromatic heterocycles. The van der Waals surface area contributed by atoms with Crippen LogP contribution in [0.2, 0.25) is 0 Å². The van der Waals surface area contributed by atoms with Crippen molar-refractivity contribution in [2.45, 2.75) is 26.3 Å².